The van der Waals surface area contributed by atoms with Gasteiger partial charge in [0.1, 0.15) is 5.78 Å². The average molecular weight is 341 g/mol. The van der Waals surface area contributed by atoms with Gasteiger partial charge in [-0.3, -0.25) is 9.59 Å². The Morgan fingerprint density at radius 2 is 1.75 bits per heavy atom. The zero-order valence-corrected chi connectivity index (χ0v) is 15.4. The molecule has 0 aromatic heterocycles. The second-order valence-corrected chi connectivity index (χ2v) is 7.84. The van der Waals surface area contributed by atoms with Crippen molar-refractivity contribution in [2.24, 2.45) is 29.2 Å². The molecule has 0 heterocycles. The van der Waals surface area contributed by atoms with E-state index in [4.69, 9.17) is 11.5 Å². The molecule has 0 radical (unpaired) electrons. The predicted octanol–water partition coefficient (Wildman–Crippen LogP) is 2.53. The first-order valence-electron chi connectivity index (χ1n) is 9.56. The molecule has 0 saturated heterocycles. The van der Waals surface area contributed by atoms with E-state index in [1.807, 2.05) is 13.8 Å². The second-order valence-electron chi connectivity index (χ2n) is 7.84. The molecule has 24 heavy (non-hydrogen) atoms. The van der Waals surface area contributed by atoms with E-state index >= 15 is 0 Å². The number of aliphatic hydroxyl groups excluding tert-OH is 1. The highest BCUT2D eigenvalue weighted by Gasteiger charge is 2.28. The van der Waals surface area contributed by atoms with E-state index in [-0.39, 0.29) is 36.0 Å². The molecule has 1 saturated carbocycles. The van der Waals surface area contributed by atoms with Crippen molar-refractivity contribution < 1.29 is 14.7 Å². The molecule has 1 fully saturated rings. The number of nitrogens with two attached hydrogens (primary N) is 2. The fourth-order valence-corrected chi connectivity index (χ4v) is 3.80. The van der Waals surface area contributed by atoms with Gasteiger partial charge in [-0.1, -0.05) is 46.0 Å². The summed E-state index contributed by atoms with van der Waals surface area (Å²) in [6, 6.07) is -0.257. The van der Waals surface area contributed by atoms with Crippen LogP contribution in [0.3, 0.4) is 0 Å². The normalized spacial score (nSPS) is 19.9. The molecule has 5 nitrogen and oxygen atoms in total. The lowest BCUT2D eigenvalue weighted by Gasteiger charge is -2.29. The molecule has 140 valence electrons. The highest BCUT2D eigenvalue weighted by Crippen LogP contribution is 2.29. The Hall–Kier alpha value is -0.940. The van der Waals surface area contributed by atoms with Crippen LogP contribution < -0.4 is 11.5 Å². The molecule has 0 aromatic carbocycles. The van der Waals surface area contributed by atoms with Crippen molar-refractivity contribution >= 4 is 11.7 Å². The Morgan fingerprint density at radius 1 is 1.12 bits per heavy atom. The number of hydrogen-bond donors (Lipinski definition) is 3. The Bertz CT molecular complexity index is 392. The van der Waals surface area contributed by atoms with Gasteiger partial charge in [0.05, 0.1) is 6.10 Å². The predicted molar refractivity (Wildman–Crippen MR) is 96.2 cm³/mol. The van der Waals surface area contributed by atoms with Crippen molar-refractivity contribution in [1.29, 1.82) is 0 Å². The molecule has 5 heteroatoms. The zero-order chi connectivity index (χ0) is 18.1. The smallest absolute Gasteiger partial charge is 0.217 e. The van der Waals surface area contributed by atoms with Crippen molar-refractivity contribution in [1.82, 2.24) is 0 Å². The summed E-state index contributed by atoms with van der Waals surface area (Å²) < 4.78 is 0. The first-order chi connectivity index (χ1) is 11.3. The van der Waals surface area contributed by atoms with Gasteiger partial charge in [-0.05, 0) is 31.1 Å². The van der Waals surface area contributed by atoms with Gasteiger partial charge >= 0.3 is 0 Å². The van der Waals surface area contributed by atoms with Crippen molar-refractivity contribution in [2.45, 2.75) is 90.2 Å². The van der Waals surface area contributed by atoms with Crippen molar-refractivity contribution in [2.75, 3.05) is 0 Å². The summed E-state index contributed by atoms with van der Waals surface area (Å²) in [7, 11) is 0. The molecule has 0 unspecified atom stereocenters. The minimum Gasteiger partial charge on any atom is -0.391 e. The van der Waals surface area contributed by atoms with Gasteiger partial charge < -0.3 is 16.6 Å². The van der Waals surface area contributed by atoms with Gasteiger partial charge in [-0.15, -0.1) is 0 Å². The fourth-order valence-electron chi connectivity index (χ4n) is 3.80. The van der Waals surface area contributed by atoms with Crippen LogP contribution in [0, 0.1) is 17.8 Å². The van der Waals surface area contributed by atoms with Crippen molar-refractivity contribution in [3.05, 3.63) is 0 Å². The molecule has 0 aromatic rings. The number of primary amides is 1. The van der Waals surface area contributed by atoms with E-state index in [9.17, 15) is 14.7 Å². The molecule has 5 N–H and O–H groups in total. The van der Waals surface area contributed by atoms with Crippen molar-refractivity contribution in [3.63, 3.8) is 0 Å². The average Bonchev–Trinajstić information content (AvgIpc) is 2.52. The number of amides is 1. The Morgan fingerprint density at radius 3 is 2.29 bits per heavy atom. The van der Waals surface area contributed by atoms with Crippen molar-refractivity contribution in [3.8, 4) is 0 Å². The Labute approximate surface area is 146 Å². The molecular weight excluding hydrogens is 304 g/mol. The van der Waals surface area contributed by atoms with Gasteiger partial charge in [0.15, 0.2) is 0 Å². The van der Waals surface area contributed by atoms with E-state index in [1.165, 1.54) is 32.1 Å². The number of ketones is 1. The maximum atomic E-state index is 12.4. The molecule has 0 spiro atoms. The van der Waals surface area contributed by atoms with Crippen LogP contribution in [0.15, 0.2) is 0 Å². The summed E-state index contributed by atoms with van der Waals surface area (Å²) in [5.41, 5.74) is 11.3. The lowest BCUT2D eigenvalue weighted by molar-refractivity contribution is -0.125. The van der Waals surface area contributed by atoms with E-state index in [1.54, 1.807) is 0 Å². The van der Waals surface area contributed by atoms with E-state index in [0.29, 0.717) is 25.2 Å². The van der Waals surface area contributed by atoms with Gasteiger partial charge in [0.25, 0.3) is 0 Å². The van der Waals surface area contributed by atoms with Crippen LogP contribution in [-0.4, -0.2) is 28.9 Å². The second kappa shape index (κ2) is 10.8. The fraction of sp³-hybridized carbons (Fsp3) is 0.895. The molecule has 1 aliphatic carbocycles. The Balaban J connectivity index is 2.46. The van der Waals surface area contributed by atoms with Crippen LogP contribution in [0.1, 0.15) is 78.1 Å². The third kappa shape index (κ3) is 7.75. The summed E-state index contributed by atoms with van der Waals surface area (Å²) in [4.78, 5) is 23.2. The summed E-state index contributed by atoms with van der Waals surface area (Å²) in [5.74, 6) is 0.300. The first-order valence-corrected chi connectivity index (χ1v) is 9.56. The van der Waals surface area contributed by atoms with Gasteiger partial charge in [0.2, 0.25) is 5.91 Å². The third-order valence-electron chi connectivity index (χ3n) is 5.38. The van der Waals surface area contributed by atoms with E-state index in [0.717, 1.165) is 6.42 Å². The van der Waals surface area contributed by atoms with Crippen LogP contribution in [-0.2, 0) is 9.59 Å². The molecule has 0 aliphatic heterocycles. The SMILES string of the molecule is CC(C)[C@@H](C[C@H](O)[C@@H](N)CC1CCCCC1)C(=O)CCCC(N)=O. The van der Waals surface area contributed by atoms with Crippen LogP contribution in [0.4, 0.5) is 0 Å². The van der Waals surface area contributed by atoms with Crippen LogP contribution in [0.5, 0.6) is 0 Å². The lowest BCUT2D eigenvalue weighted by Crippen LogP contribution is -2.40. The standard InChI is InChI=1S/C19H36N2O3/c1-13(2)15(17(22)9-6-10-19(21)24)12-18(23)16(20)11-14-7-4-3-5-8-14/h13-16,18,23H,3-12,20H2,1-2H3,(H2,21,24)/t15-,16+,18+/m1/s1. The number of carbonyl (C=O) groups is 2. The number of Topliss-reactive ketones (excluding diaryl/α,β-unsaturated/α-hetero) is 1. The summed E-state index contributed by atoms with van der Waals surface area (Å²) in [5, 5.41) is 10.5. The molecule has 1 rings (SSSR count). The minimum atomic E-state index is -0.639. The molecule has 0 bridgehead atoms. The van der Waals surface area contributed by atoms with Crippen LogP contribution in [0.25, 0.3) is 0 Å². The monoisotopic (exact) mass is 340 g/mol. The van der Waals surface area contributed by atoms with Gasteiger partial charge in [-0.2, -0.15) is 0 Å². The molecular formula is C19H36N2O3. The minimum absolute atomic E-state index is 0.107. The molecule has 3 atom stereocenters. The summed E-state index contributed by atoms with van der Waals surface area (Å²) >= 11 is 0. The quantitative estimate of drug-likeness (QED) is 0.537. The number of hydrogen-bond acceptors (Lipinski definition) is 4. The highest BCUT2D eigenvalue weighted by molar-refractivity contribution is 5.82. The largest absolute Gasteiger partial charge is 0.391 e. The van der Waals surface area contributed by atoms with E-state index in [2.05, 4.69) is 0 Å². The summed E-state index contributed by atoms with van der Waals surface area (Å²) in [6.45, 7) is 3.99. The molecule has 1 amide bonds. The topological polar surface area (TPSA) is 106 Å². The highest BCUT2D eigenvalue weighted by atomic mass is 16.3. The van der Waals surface area contributed by atoms with Crippen LogP contribution >= 0.6 is 0 Å². The Kier molecular flexibility index (Phi) is 9.52. The maximum absolute atomic E-state index is 12.4. The maximum Gasteiger partial charge on any atom is 0.217 e. The number of carbonyl (C=O) groups excluding carboxylic acids is 2. The van der Waals surface area contributed by atoms with Gasteiger partial charge in [0, 0.05) is 24.8 Å². The van der Waals surface area contributed by atoms with Crippen LogP contribution in [0.2, 0.25) is 0 Å². The third-order valence-corrected chi connectivity index (χ3v) is 5.38. The first kappa shape index (κ1) is 21.1. The van der Waals surface area contributed by atoms with E-state index < -0.39 is 6.10 Å². The zero-order valence-electron chi connectivity index (χ0n) is 15.4. The number of rotatable bonds is 11. The summed E-state index contributed by atoms with van der Waals surface area (Å²) in [6.07, 6.45) is 7.95. The number of aliphatic hydroxyl groups is 1. The lowest BCUT2D eigenvalue weighted by atomic mass is 9.80. The van der Waals surface area contributed by atoms with Gasteiger partial charge in [-0.25, -0.2) is 0 Å². The molecule has 1 aliphatic rings.